The summed E-state index contributed by atoms with van der Waals surface area (Å²) < 4.78 is 41.1. The van der Waals surface area contributed by atoms with Gasteiger partial charge in [0.15, 0.2) is 0 Å². The summed E-state index contributed by atoms with van der Waals surface area (Å²) in [6.07, 6.45) is 0.713. The van der Waals surface area contributed by atoms with Gasteiger partial charge in [-0.3, -0.25) is 0 Å². The number of hydrogen-bond donors (Lipinski definition) is 1. The van der Waals surface area contributed by atoms with Crippen LogP contribution in [0.15, 0.2) is 56.3 Å². The van der Waals surface area contributed by atoms with Gasteiger partial charge >= 0.3 is 0 Å². The molecule has 0 saturated carbocycles. The molecule has 4 nitrogen and oxygen atoms in total. The molecule has 1 aliphatic heterocycles. The second kappa shape index (κ2) is 7.11. The van der Waals surface area contributed by atoms with E-state index in [1.807, 2.05) is 30.3 Å². The molecular weight excluding hydrogens is 463 g/mol. The van der Waals surface area contributed by atoms with Crippen molar-refractivity contribution in [3.8, 4) is 0 Å². The molecule has 0 aromatic heterocycles. The summed E-state index contributed by atoms with van der Waals surface area (Å²) >= 11 is 6.32. The largest absolute Gasteiger partial charge is 0.381 e. The zero-order valence-corrected chi connectivity index (χ0v) is 16.5. The number of nitrogens with zero attached hydrogens (tertiary/aromatic N) is 1. The minimum Gasteiger partial charge on any atom is -0.381 e. The van der Waals surface area contributed by atoms with Crippen LogP contribution in [0.1, 0.15) is 6.42 Å². The minimum atomic E-state index is -3.71. The van der Waals surface area contributed by atoms with E-state index in [0.29, 0.717) is 19.5 Å². The molecule has 128 valence electrons. The highest BCUT2D eigenvalue weighted by molar-refractivity contribution is 9.11. The lowest BCUT2D eigenvalue weighted by molar-refractivity contribution is 0.473. The molecule has 2 aromatic rings. The first kappa shape index (κ1) is 17.8. The molecule has 1 unspecified atom stereocenters. The average Bonchev–Trinajstić information content (AvgIpc) is 2.96. The van der Waals surface area contributed by atoms with Gasteiger partial charge in [0.25, 0.3) is 0 Å². The molecule has 1 fully saturated rings. The molecule has 0 aliphatic carbocycles. The van der Waals surface area contributed by atoms with Crippen LogP contribution >= 0.6 is 31.9 Å². The van der Waals surface area contributed by atoms with Gasteiger partial charge in [-0.05, 0) is 62.5 Å². The number of benzene rings is 2. The van der Waals surface area contributed by atoms with Gasteiger partial charge in [0, 0.05) is 33.8 Å². The predicted molar refractivity (Wildman–Crippen MR) is 99.0 cm³/mol. The summed E-state index contributed by atoms with van der Waals surface area (Å²) in [6.45, 7) is 0.788. The Morgan fingerprint density at radius 2 is 1.75 bits per heavy atom. The molecule has 3 rings (SSSR count). The first-order valence-corrected chi connectivity index (χ1v) is 10.4. The number of anilines is 1. The molecule has 0 spiro atoms. The molecule has 1 atom stereocenters. The van der Waals surface area contributed by atoms with Crippen LogP contribution in [-0.2, 0) is 10.0 Å². The first-order valence-electron chi connectivity index (χ1n) is 7.34. The summed E-state index contributed by atoms with van der Waals surface area (Å²) in [5.74, 6) is -0.502. The SMILES string of the molecule is O=S(=O)(c1c(Br)cc(F)cc1Br)N1CCC(Nc2ccccc2)C1. The third kappa shape index (κ3) is 3.66. The normalized spacial score (nSPS) is 18.7. The number of halogens is 3. The van der Waals surface area contributed by atoms with Crippen molar-refractivity contribution < 1.29 is 12.8 Å². The van der Waals surface area contributed by atoms with Crippen LogP contribution in [0.2, 0.25) is 0 Å². The Bertz CT molecular complexity index is 823. The van der Waals surface area contributed by atoms with E-state index in [1.54, 1.807) is 0 Å². The Morgan fingerprint density at radius 3 is 2.38 bits per heavy atom. The van der Waals surface area contributed by atoms with Crippen LogP contribution in [0, 0.1) is 5.82 Å². The third-order valence-corrected chi connectivity index (χ3v) is 7.60. The van der Waals surface area contributed by atoms with E-state index in [1.165, 1.54) is 4.31 Å². The van der Waals surface area contributed by atoms with E-state index in [9.17, 15) is 12.8 Å². The van der Waals surface area contributed by atoms with Gasteiger partial charge in [-0.2, -0.15) is 4.31 Å². The van der Waals surface area contributed by atoms with Crippen molar-refractivity contribution in [2.75, 3.05) is 18.4 Å². The predicted octanol–water partition coefficient (Wildman–Crippen LogP) is 4.23. The van der Waals surface area contributed by atoms with Gasteiger partial charge < -0.3 is 5.32 Å². The Morgan fingerprint density at radius 1 is 1.12 bits per heavy atom. The monoisotopic (exact) mass is 476 g/mol. The van der Waals surface area contributed by atoms with E-state index >= 15 is 0 Å². The van der Waals surface area contributed by atoms with Gasteiger partial charge in [0.1, 0.15) is 10.7 Å². The summed E-state index contributed by atoms with van der Waals surface area (Å²) in [5.41, 5.74) is 0.964. The maximum atomic E-state index is 13.4. The second-order valence-electron chi connectivity index (χ2n) is 5.56. The van der Waals surface area contributed by atoms with E-state index in [4.69, 9.17) is 0 Å². The summed E-state index contributed by atoms with van der Waals surface area (Å²) in [6, 6.07) is 12.0. The van der Waals surface area contributed by atoms with Crippen molar-refractivity contribution in [3.05, 3.63) is 57.2 Å². The van der Waals surface area contributed by atoms with Crippen LogP contribution in [-0.4, -0.2) is 31.9 Å². The van der Waals surface area contributed by atoms with E-state index < -0.39 is 15.8 Å². The molecule has 1 heterocycles. The Kier molecular flexibility index (Phi) is 5.29. The summed E-state index contributed by atoms with van der Waals surface area (Å²) in [7, 11) is -3.71. The van der Waals surface area contributed by atoms with Crippen LogP contribution in [0.4, 0.5) is 10.1 Å². The topological polar surface area (TPSA) is 49.4 Å². The van der Waals surface area contributed by atoms with E-state index in [2.05, 4.69) is 37.2 Å². The zero-order chi connectivity index (χ0) is 17.3. The molecule has 24 heavy (non-hydrogen) atoms. The van der Waals surface area contributed by atoms with Gasteiger partial charge in [-0.1, -0.05) is 18.2 Å². The van der Waals surface area contributed by atoms with Crippen molar-refractivity contribution in [1.29, 1.82) is 0 Å². The van der Waals surface area contributed by atoms with Gasteiger partial charge in [-0.25, -0.2) is 12.8 Å². The highest BCUT2D eigenvalue weighted by atomic mass is 79.9. The molecule has 1 aliphatic rings. The Hall–Kier alpha value is -0.960. The smallest absolute Gasteiger partial charge is 0.245 e. The quantitative estimate of drug-likeness (QED) is 0.716. The standard InChI is InChI=1S/C16H15Br2FN2O2S/c17-14-8-11(19)9-15(18)16(14)24(22,23)21-7-6-13(10-21)20-12-4-2-1-3-5-12/h1-5,8-9,13,20H,6-7,10H2. The van der Waals surface area contributed by atoms with Gasteiger partial charge in [0.05, 0.1) is 0 Å². The number of para-hydroxylation sites is 1. The van der Waals surface area contributed by atoms with Crippen molar-refractivity contribution in [3.63, 3.8) is 0 Å². The molecule has 8 heteroatoms. The first-order chi connectivity index (χ1) is 11.4. The number of nitrogens with one attached hydrogen (secondary N) is 1. The lowest BCUT2D eigenvalue weighted by atomic mass is 10.2. The maximum absolute atomic E-state index is 13.4. The van der Waals surface area contributed by atoms with Crippen molar-refractivity contribution in [2.45, 2.75) is 17.4 Å². The summed E-state index contributed by atoms with van der Waals surface area (Å²) in [5, 5.41) is 3.34. The second-order valence-corrected chi connectivity index (χ2v) is 9.14. The average molecular weight is 478 g/mol. The molecule has 1 saturated heterocycles. The molecule has 0 bridgehead atoms. The summed E-state index contributed by atoms with van der Waals surface area (Å²) in [4.78, 5) is 0.0595. The molecular formula is C16H15Br2FN2O2S. The fourth-order valence-corrected chi connectivity index (χ4v) is 6.69. The van der Waals surface area contributed by atoms with Crippen LogP contribution in [0.3, 0.4) is 0 Å². The number of rotatable bonds is 4. The molecule has 0 amide bonds. The molecule has 2 aromatic carbocycles. The lowest BCUT2D eigenvalue weighted by Crippen LogP contribution is -2.32. The van der Waals surface area contributed by atoms with Crippen LogP contribution in [0.25, 0.3) is 0 Å². The van der Waals surface area contributed by atoms with Crippen molar-refractivity contribution in [1.82, 2.24) is 4.31 Å². The minimum absolute atomic E-state index is 0.0418. The van der Waals surface area contributed by atoms with Crippen molar-refractivity contribution >= 4 is 47.6 Å². The maximum Gasteiger partial charge on any atom is 0.245 e. The highest BCUT2D eigenvalue weighted by Gasteiger charge is 2.35. The van der Waals surface area contributed by atoms with E-state index in [0.717, 1.165) is 17.8 Å². The third-order valence-electron chi connectivity index (χ3n) is 3.86. The number of hydrogen-bond acceptors (Lipinski definition) is 3. The Balaban J connectivity index is 1.80. The van der Waals surface area contributed by atoms with E-state index in [-0.39, 0.29) is 19.9 Å². The van der Waals surface area contributed by atoms with Gasteiger partial charge in [-0.15, -0.1) is 0 Å². The molecule has 1 N–H and O–H groups in total. The molecule has 0 radical (unpaired) electrons. The number of sulfonamides is 1. The fourth-order valence-electron chi connectivity index (χ4n) is 2.74. The highest BCUT2D eigenvalue weighted by Crippen LogP contribution is 2.34. The zero-order valence-electron chi connectivity index (χ0n) is 12.5. The van der Waals surface area contributed by atoms with Crippen LogP contribution < -0.4 is 5.32 Å². The fraction of sp³-hybridized carbons (Fsp3) is 0.250. The lowest BCUT2D eigenvalue weighted by Gasteiger charge is -2.19. The van der Waals surface area contributed by atoms with Crippen molar-refractivity contribution in [2.24, 2.45) is 0 Å². The van der Waals surface area contributed by atoms with Crippen LogP contribution in [0.5, 0.6) is 0 Å². The Labute approximate surface area is 157 Å². The van der Waals surface area contributed by atoms with Gasteiger partial charge in [0.2, 0.25) is 10.0 Å².